The van der Waals surface area contributed by atoms with E-state index in [1.54, 1.807) is 4.98 Å². The number of alkyl halides is 3. The Balaban J connectivity index is 1.73. The summed E-state index contributed by atoms with van der Waals surface area (Å²) in [5.74, 6) is 0.127. The van der Waals surface area contributed by atoms with E-state index in [9.17, 15) is 27.3 Å². The second kappa shape index (κ2) is 11.5. The Hall–Kier alpha value is -2.54. The first-order valence-corrected chi connectivity index (χ1v) is 12.4. The quantitative estimate of drug-likeness (QED) is 0.522. The van der Waals surface area contributed by atoms with Gasteiger partial charge in [-0.2, -0.15) is 13.2 Å². The van der Waals surface area contributed by atoms with Gasteiger partial charge < -0.3 is 24.7 Å². The van der Waals surface area contributed by atoms with Crippen LogP contribution in [0.25, 0.3) is 11.1 Å². The number of H-pyrrole nitrogens is 1. The van der Waals surface area contributed by atoms with E-state index in [1.807, 2.05) is 18.2 Å². The van der Waals surface area contributed by atoms with Gasteiger partial charge in [0.05, 0.1) is 6.54 Å². The molecule has 3 N–H and O–H groups in total. The van der Waals surface area contributed by atoms with Crippen LogP contribution in [0.1, 0.15) is 36.3 Å². The number of hydrogen-bond acceptors (Lipinski definition) is 6. The monoisotopic (exact) mass is 515 g/mol. The van der Waals surface area contributed by atoms with Crippen LogP contribution < -0.4 is 16.0 Å². The number of carbonyl (C=O) groups excluding carboxylic acids is 1. The zero-order valence-corrected chi connectivity index (χ0v) is 20.2. The lowest BCUT2D eigenvalue weighted by Crippen LogP contribution is -2.41. The summed E-state index contributed by atoms with van der Waals surface area (Å²) in [5.41, 5.74) is 1.80. The predicted molar refractivity (Wildman–Crippen MR) is 125 cm³/mol. The molecule has 1 aromatic carbocycles. The molecule has 12 heteroatoms. The van der Waals surface area contributed by atoms with Crippen molar-refractivity contribution in [2.75, 3.05) is 32.1 Å². The number of pyridine rings is 1. The number of amides is 1. The van der Waals surface area contributed by atoms with Gasteiger partial charge in [0.15, 0.2) is 0 Å². The number of carbonyl (C=O) groups is 1. The molecule has 2 heterocycles. The van der Waals surface area contributed by atoms with Gasteiger partial charge in [0.1, 0.15) is 35.5 Å². The second-order valence-electron chi connectivity index (χ2n) is 8.61. The number of nitrogens with two attached hydrogens (primary N) is 1. The van der Waals surface area contributed by atoms with E-state index in [1.165, 1.54) is 24.3 Å². The molecule has 2 aromatic rings. The Morgan fingerprint density at radius 3 is 2.63 bits per heavy atom. The minimum Gasteiger partial charge on any atom is -0.598 e. The molecule has 2 atom stereocenters. The van der Waals surface area contributed by atoms with Crippen molar-refractivity contribution in [3.05, 3.63) is 51.9 Å². The number of hydrogen-bond donors (Lipinski definition) is 2. The second-order valence-corrected chi connectivity index (χ2v) is 10.1. The lowest BCUT2D eigenvalue weighted by Gasteiger charge is -2.26. The van der Waals surface area contributed by atoms with Crippen molar-refractivity contribution >= 4 is 17.3 Å². The van der Waals surface area contributed by atoms with E-state index in [-0.39, 0.29) is 23.8 Å². The molecule has 0 aliphatic carbocycles. The highest BCUT2D eigenvalue weighted by molar-refractivity contribution is 7.89. The molecular formula is C23H28F3N3O5S. The third-order valence-corrected chi connectivity index (χ3v) is 7.13. The van der Waals surface area contributed by atoms with Gasteiger partial charge in [-0.15, -0.1) is 4.31 Å². The number of ether oxygens (including phenoxy) is 2. The Morgan fingerprint density at radius 1 is 1.34 bits per heavy atom. The smallest absolute Gasteiger partial charge is 0.431 e. The third-order valence-electron chi connectivity index (χ3n) is 5.27. The van der Waals surface area contributed by atoms with Gasteiger partial charge in [-0.3, -0.25) is 9.59 Å². The fraction of sp³-hybridized carbons (Fsp3) is 0.478. The van der Waals surface area contributed by atoms with Crippen LogP contribution in [-0.4, -0.2) is 57.9 Å². The van der Waals surface area contributed by atoms with Crippen LogP contribution in [0, 0.1) is 5.92 Å². The summed E-state index contributed by atoms with van der Waals surface area (Å²) < 4.78 is 66.5. The lowest BCUT2D eigenvalue weighted by molar-refractivity contribution is -0.140. The molecule has 0 saturated carbocycles. The van der Waals surface area contributed by atoms with Crippen molar-refractivity contribution in [2.24, 2.45) is 11.7 Å². The molecule has 1 aromatic heterocycles. The molecule has 0 radical (unpaired) electrons. The molecule has 1 aliphatic rings. The molecule has 2 unspecified atom stereocenters. The average Bonchev–Trinajstić information content (AvgIpc) is 3.02. The molecule has 3 rings (SSSR count). The zero-order valence-electron chi connectivity index (χ0n) is 19.4. The lowest BCUT2D eigenvalue weighted by atomic mass is 10.0. The van der Waals surface area contributed by atoms with Gasteiger partial charge in [-0.25, -0.2) is 0 Å². The number of benzene rings is 1. The maximum Gasteiger partial charge on any atom is 0.431 e. The first-order chi connectivity index (χ1) is 16.5. The summed E-state index contributed by atoms with van der Waals surface area (Å²) in [6, 6.07) is 6.58. The summed E-state index contributed by atoms with van der Waals surface area (Å²) in [6.45, 7) is 5.81. The molecule has 192 valence electrons. The van der Waals surface area contributed by atoms with Gasteiger partial charge >= 0.3 is 6.18 Å². The van der Waals surface area contributed by atoms with Gasteiger partial charge in [-0.05, 0) is 36.1 Å². The van der Waals surface area contributed by atoms with Crippen LogP contribution in [0.15, 0.2) is 35.1 Å². The molecule has 1 aliphatic heterocycles. The highest BCUT2D eigenvalue weighted by atomic mass is 32.2. The highest BCUT2D eigenvalue weighted by Gasteiger charge is 2.36. The normalized spacial score (nSPS) is 18.3. The van der Waals surface area contributed by atoms with Gasteiger partial charge in [-0.1, -0.05) is 26.0 Å². The molecule has 1 fully saturated rings. The Bertz CT molecular complexity index is 1080. The van der Waals surface area contributed by atoms with Crippen LogP contribution in [0.5, 0.6) is 5.75 Å². The Kier molecular flexibility index (Phi) is 8.86. The first-order valence-electron chi connectivity index (χ1n) is 11.1. The number of nitrogens with zero attached hydrogens (tertiary/aromatic N) is 1. The van der Waals surface area contributed by atoms with Crippen molar-refractivity contribution in [1.82, 2.24) is 9.29 Å². The van der Waals surface area contributed by atoms with E-state index in [2.05, 4.69) is 0 Å². The maximum atomic E-state index is 13.5. The van der Waals surface area contributed by atoms with Crippen LogP contribution in [0.2, 0.25) is 0 Å². The molecule has 0 spiro atoms. The molecule has 35 heavy (non-hydrogen) atoms. The van der Waals surface area contributed by atoms with Crippen molar-refractivity contribution < 1.29 is 32.0 Å². The minimum atomic E-state index is -4.85. The Labute approximate surface area is 203 Å². The van der Waals surface area contributed by atoms with Crippen LogP contribution >= 0.6 is 0 Å². The minimum absolute atomic E-state index is 0.115. The molecule has 1 amide bonds. The summed E-state index contributed by atoms with van der Waals surface area (Å²) in [5, 5.41) is 0. The van der Waals surface area contributed by atoms with E-state index < -0.39 is 40.3 Å². The van der Waals surface area contributed by atoms with Crippen LogP contribution in [0.3, 0.4) is 0 Å². The van der Waals surface area contributed by atoms with Gasteiger partial charge in [0.2, 0.25) is 0 Å². The first kappa shape index (κ1) is 27.1. The van der Waals surface area contributed by atoms with Crippen LogP contribution in [-0.2, 0) is 22.3 Å². The molecule has 1 saturated heterocycles. The third kappa shape index (κ3) is 7.23. The summed E-state index contributed by atoms with van der Waals surface area (Å²) in [6.07, 6.45) is -4.41. The number of aromatic amines is 1. The SMILES string of the molecule is CC(C)C[S+]([O-])N1CCCOC(COc2ccc(-c3cc(C(N)=O)c(=O)[nH]c3C(F)(F)F)cc2)C1. The Morgan fingerprint density at radius 2 is 2.03 bits per heavy atom. The van der Waals surface area contributed by atoms with E-state index in [4.69, 9.17) is 15.2 Å². The maximum absolute atomic E-state index is 13.5. The van der Waals surface area contributed by atoms with Gasteiger partial charge in [0.25, 0.3) is 11.5 Å². The fourth-order valence-corrected chi connectivity index (χ4v) is 5.07. The standard InChI is InChI=1S/C23H28F3N3O5S/c1-14(2)13-35(32)29-8-3-9-33-17(11-29)12-34-16-6-4-15(5-7-16)18-10-19(21(27)30)22(31)28-20(18)23(24,25)26/h4-7,10,14,17H,3,8-9,11-13H2,1-2H3,(H2,27,30)(H,28,31). The molecular weight excluding hydrogens is 487 g/mol. The number of halogens is 3. The van der Waals surface area contributed by atoms with Crippen molar-refractivity contribution in [1.29, 1.82) is 0 Å². The van der Waals surface area contributed by atoms with Crippen LogP contribution in [0.4, 0.5) is 13.2 Å². The molecule has 8 nitrogen and oxygen atoms in total. The fourth-order valence-electron chi connectivity index (χ4n) is 3.62. The summed E-state index contributed by atoms with van der Waals surface area (Å²) >= 11 is -1.11. The van der Waals surface area contributed by atoms with Gasteiger partial charge in [0, 0.05) is 30.1 Å². The summed E-state index contributed by atoms with van der Waals surface area (Å²) in [7, 11) is 0. The average molecular weight is 516 g/mol. The zero-order chi connectivity index (χ0) is 25.8. The number of primary amides is 1. The number of nitrogens with one attached hydrogen (secondary N) is 1. The summed E-state index contributed by atoms with van der Waals surface area (Å²) in [4.78, 5) is 25.0. The van der Waals surface area contributed by atoms with E-state index in [0.29, 0.717) is 37.1 Å². The highest BCUT2D eigenvalue weighted by Crippen LogP contribution is 2.35. The largest absolute Gasteiger partial charge is 0.598 e. The number of aromatic nitrogens is 1. The van der Waals surface area contributed by atoms with Crippen molar-refractivity contribution in [3.8, 4) is 16.9 Å². The topological polar surface area (TPSA) is 121 Å². The van der Waals surface area contributed by atoms with Crippen molar-refractivity contribution in [3.63, 3.8) is 0 Å². The predicted octanol–water partition coefficient (Wildman–Crippen LogP) is 2.95. The number of rotatable bonds is 8. The van der Waals surface area contributed by atoms with E-state index in [0.717, 1.165) is 12.5 Å². The van der Waals surface area contributed by atoms with E-state index >= 15 is 0 Å². The molecule has 0 bridgehead atoms. The van der Waals surface area contributed by atoms with Crippen molar-refractivity contribution in [2.45, 2.75) is 32.5 Å².